The normalized spacial score (nSPS) is 13.2. The molecule has 6 heteroatoms. The molecule has 4 nitrogen and oxygen atoms in total. The maximum Gasteiger partial charge on any atom is 0.585 e. The summed E-state index contributed by atoms with van der Waals surface area (Å²) in [5.74, 6) is 0.898. The van der Waals surface area contributed by atoms with Gasteiger partial charge in [-0.25, -0.2) is 0 Å². The third-order valence-corrected chi connectivity index (χ3v) is 5.56. The van der Waals surface area contributed by atoms with Crippen LogP contribution >= 0.6 is 18.6 Å². The number of likely N-dealkylation sites (N-methyl/N-ethyl adjacent to an activating group) is 1. The summed E-state index contributed by atoms with van der Waals surface area (Å²) in [4.78, 5) is 2.02. The molecule has 0 aromatic rings. The van der Waals surface area contributed by atoms with E-state index < -0.39 is 7.23 Å². The van der Waals surface area contributed by atoms with Crippen LogP contribution < -0.4 is 0 Å². The summed E-state index contributed by atoms with van der Waals surface area (Å²) >= 11 is 1.44. The zero-order chi connectivity index (χ0) is 13.3. The van der Waals surface area contributed by atoms with E-state index in [1.54, 1.807) is 0 Å². The monoisotopic (exact) mass is 282 g/mol. The van der Waals surface area contributed by atoms with Crippen LogP contribution in [0.4, 0.5) is 0 Å². The van der Waals surface area contributed by atoms with E-state index >= 15 is 0 Å². The average Bonchev–Trinajstić information content (AvgIpc) is 2.28. The Morgan fingerprint density at radius 2 is 1.88 bits per heavy atom. The van der Waals surface area contributed by atoms with Crippen molar-refractivity contribution in [2.24, 2.45) is 0 Å². The standard InChI is InChI=1S/C11H27N2O2PS/c1-6-13(5,7-2)9-11-17-16(14)15-10-8-12(3)4/h6-11H2,1-5H3/q+2. The Labute approximate surface area is 111 Å². The molecule has 0 rings (SSSR count). The van der Waals surface area contributed by atoms with Gasteiger partial charge in [0, 0.05) is 6.54 Å². The molecule has 0 bridgehead atoms. The van der Waals surface area contributed by atoms with Crippen LogP contribution in [0, 0.1) is 0 Å². The lowest BCUT2D eigenvalue weighted by atomic mass is 10.4. The van der Waals surface area contributed by atoms with Gasteiger partial charge in [-0.3, -0.25) is 0 Å². The summed E-state index contributed by atoms with van der Waals surface area (Å²) in [5.41, 5.74) is 0. The van der Waals surface area contributed by atoms with Crippen molar-refractivity contribution in [3.63, 3.8) is 0 Å². The van der Waals surface area contributed by atoms with Crippen molar-refractivity contribution in [3.8, 4) is 0 Å². The Morgan fingerprint density at radius 3 is 2.35 bits per heavy atom. The van der Waals surface area contributed by atoms with Gasteiger partial charge in [-0.15, -0.1) is 4.52 Å². The molecule has 0 heterocycles. The van der Waals surface area contributed by atoms with Gasteiger partial charge >= 0.3 is 7.23 Å². The fourth-order valence-electron chi connectivity index (χ4n) is 1.21. The quantitative estimate of drug-likeness (QED) is 0.455. The zero-order valence-electron chi connectivity index (χ0n) is 11.8. The molecular formula is C11H27N2O2PS+2. The smallest absolute Gasteiger partial charge is 0.326 e. The molecule has 0 aliphatic carbocycles. The Balaban J connectivity index is 3.64. The minimum Gasteiger partial charge on any atom is -0.326 e. The van der Waals surface area contributed by atoms with E-state index in [4.69, 9.17) is 4.52 Å². The molecule has 0 saturated heterocycles. The Kier molecular flexibility index (Phi) is 9.47. The molecule has 0 aromatic heterocycles. The Morgan fingerprint density at radius 1 is 1.29 bits per heavy atom. The molecule has 0 radical (unpaired) electrons. The topological polar surface area (TPSA) is 29.5 Å². The lowest BCUT2D eigenvalue weighted by Gasteiger charge is -2.31. The molecule has 1 atom stereocenters. The molecule has 0 N–H and O–H groups in total. The molecule has 0 spiro atoms. The van der Waals surface area contributed by atoms with E-state index in [-0.39, 0.29) is 0 Å². The Hall–Kier alpha value is 0.330. The van der Waals surface area contributed by atoms with Gasteiger partial charge in [0.15, 0.2) is 11.4 Å². The summed E-state index contributed by atoms with van der Waals surface area (Å²) in [7, 11) is 4.65. The van der Waals surface area contributed by atoms with E-state index in [0.717, 1.165) is 36.4 Å². The number of nitrogens with zero attached hydrogens (tertiary/aromatic N) is 2. The number of rotatable bonds is 10. The second-order valence-electron chi connectivity index (χ2n) is 4.67. The number of hydrogen-bond donors (Lipinski definition) is 0. The minimum atomic E-state index is -1.54. The van der Waals surface area contributed by atoms with Crippen molar-refractivity contribution < 1.29 is 13.6 Å². The first-order valence-electron chi connectivity index (χ1n) is 6.15. The van der Waals surface area contributed by atoms with Gasteiger partial charge in [0.1, 0.15) is 6.61 Å². The van der Waals surface area contributed by atoms with Crippen LogP contribution in [0.15, 0.2) is 0 Å². The number of quaternary nitrogens is 1. The lowest BCUT2D eigenvalue weighted by molar-refractivity contribution is -0.903. The highest BCUT2D eigenvalue weighted by Crippen LogP contribution is 2.38. The van der Waals surface area contributed by atoms with Gasteiger partial charge in [-0.05, 0) is 32.5 Å². The average molecular weight is 282 g/mol. The van der Waals surface area contributed by atoms with E-state index in [2.05, 4.69) is 20.9 Å². The SMILES string of the molecule is CC[N+](C)(CC)CCS[P+](=O)OCCN(C)C. The Bertz CT molecular complexity index is 224. The van der Waals surface area contributed by atoms with Gasteiger partial charge in [0.05, 0.1) is 32.4 Å². The fraction of sp³-hybridized carbons (Fsp3) is 1.00. The first-order chi connectivity index (χ1) is 7.93. The fourth-order valence-corrected chi connectivity index (χ4v) is 3.33. The van der Waals surface area contributed by atoms with Crippen LogP contribution in [-0.2, 0) is 9.09 Å². The second kappa shape index (κ2) is 9.29. The van der Waals surface area contributed by atoms with Crippen LogP contribution in [0.3, 0.4) is 0 Å². The van der Waals surface area contributed by atoms with Crippen molar-refractivity contribution in [3.05, 3.63) is 0 Å². The summed E-state index contributed by atoms with van der Waals surface area (Å²) in [6, 6.07) is 0. The summed E-state index contributed by atoms with van der Waals surface area (Å²) < 4.78 is 17.8. The van der Waals surface area contributed by atoms with E-state index in [9.17, 15) is 4.57 Å². The third-order valence-electron chi connectivity index (χ3n) is 3.09. The highest BCUT2D eigenvalue weighted by molar-refractivity contribution is 8.50. The summed E-state index contributed by atoms with van der Waals surface area (Å²) in [6.45, 7) is 9.05. The predicted octanol–water partition coefficient (Wildman–Crippen LogP) is 2.44. The van der Waals surface area contributed by atoms with Crippen LogP contribution in [-0.4, -0.2) is 69.1 Å². The van der Waals surface area contributed by atoms with E-state index in [0.29, 0.717) is 6.61 Å². The lowest BCUT2D eigenvalue weighted by Crippen LogP contribution is -2.45. The first-order valence-corrected chi connectivity index (χ1v) is 8.91. The molecule has 0 fully saturated rings. The molecule has 0 aromatic carbocycles. The van der Waals surface area contributed by atoms with Crippen LogP contribution in [0.25, 0.3) is 0 Å². The molecule has 0 aliphatic heterocycles. The molecule has 17 heavy (non-hydrogen) atoms. The van der Waals surface area contributed by atoms with Gasteiger partial charge in [-0.1, -0.05) is 0 Å². The molecular weight excluding hydrogens is 255 g/mol. The van der Waals surface area contributed by atoms with Crippen LogP contribution in [0.2, 0.25) is 0 Å². The van der Waals surface area contributed by atoms with Gasteiger partial charge < -0.3 is 9.38 Å². The molecule has 0 amide bonds. The maximum atomic E-state index is 11.6. The molecule has 1 unspecified atom stereocenters. The first kappa shape index (κ1) is 17.3. The van der Waals surface area contributed by atoms with Crippen molar-refractivity contribution in [2.75, 3.05) is 59.7 Å². The minimum absolute atomic E-state index is 0.545. The van der Waals surface area contributed by atoms with Gasteiger partial charge in [0.25, 0.3) is 0 Å². The second-order valence-corrected chi connectivity index (χ2v) is 7.71. The largest absolute Gasteiger partial charge is 0.585 e. The molecule has 0 saturated carbocycles. The zero-order valence-corrected chi connectivity index (χ0v) is 13.5. The van der Waals surface area contributed by atoms with E-state index in [1.807, 2.05) is 19.0 Å². The number of hydrogen-bond acceptors (Lipinski definition) is 4. The third kappa shape index (κ3) is 8.97. The van der Waals surface area contributed by atoms with Crippen LogP contribution in [0.5, 0.6) is 0 Å². The summed E-state index contributed by atoms with van der Waals surface area (Å²) in [6.07, 6.45) is 0. The van der Waals surface area contributed by atoms with Gasteiger partial charge in [0.2, 0.25) is 0 Å². The molecule has 102 valence electrons. The highest BCUT2D eigenvalue weighted by atomic mass is 32.7. The predicted molar refractivity (Wildman–Crippen MR) is 76.7 cm³/mol. The highest BCUT2D eigenvalue weighted by Gasteiger charge is 2.24. The van der Waals surface area contributed by atoms with Crippen LogP contribution in [0.1, 0.15) is 13.8 Å². The van der Waals surface area contributed by atoms with Gasteiger partial charge in [-0.2, -0.15) is 0 Å². The molecule has 0 aliphatic rings. The summed E-state index contributed by atoms with van der Waals surface area (Å²) in [5, 5.41) is 0. The van der Waals surface area contributed by atoms with Crippen molar-refractivity contribution >= 4 is 18.6 Å². The van der Waals surface area contributed by atoms with Crippen molar-refractivity contribution in [2.45, 2.75) is 13.8 Å². The van der Waals surface area contributed by atoms with Crippen molar-refractivity contribution in [1.82, 2.24) is 4.90 Å². The maximum absolute atomic E-state index is 11.6. The van der Waals surface area contributed by atoms with Crippen molar-refractivity contribution in [1.29, 1.82) is 0 Å². The van der Waals surface area contributed by atoms with E-state index in [1.165, 1.54) is 11.4 Å².